The molecule has 170 valence electrons. The minimum Gasteiger partial charge on any atom is -0.493 e. The van der Waals surface area contributed by atoms with Crippen LogP contribution >= 0.6 is 11.6 Å². The van der Waals surface area contributed by atoms with Crippen LogP contribution in [0.5, 0.6) is 17.2 Å². The van der Waals surface area contributed by atoms with Crippen molar-refractivity contribution in [2.75, 3.05) is 13.7 Å². The molecular weight excluding hydrogens is 444 g/mol. The standard InChI is InChI=1S/C25H23ClN2O5/c1-16-7-6-10-21(17(16)2)32-15-24(29)28-27-14-18-11-12-22(23(13-18)31-3)33-25(30)19-8-4-5-9-20(19)26/h4-14H,15H2,1-3H3,(H,28,29)/b27-14-. The molecule has 0 radical (unpaired) electrons. The van der Waals surface area contributed by atoms with E-state index in [0.717, 1.165) is 11.1 Å². The number of nitrogens with one attached hydrogen (secondary N) is 1. The number of methoxy groups -OCH3 is 1. The van der Waals surface area contributed by atoms with E-state index in [0.29, 0.717) is 22.1 Å². The number of hydrazone groups is 1. The zero-order valence-electron chi connectivity index (χ0n) is 18.4. The molecule has 3 rings (SSSR count). The van der Waals surface area contributed by atoms with E-state index in [2.05, 4.69) is 10.5 Å². The molecule has 33 heavy (non-hydrogen) atoms. The summed E-state index contributed by atoms with van der Waals surface area (Å²) in [6.07, 6.45) is 1.44. The Labute approximate surface area is 196 Å². The molecule has 0 unspecified atom stereocenters. The first kappa shape index (κ1) is 23.8. The van der Waals surface area contributed by atoms with Crippen molar-refractivity contribution in [3.05, 3.63) is 87.9 Å². The van der Waals surface area contributed by atoms with Crippen molar-refractivity contribution in [2.24, 2.45) is 5.10 Å². The van der Waals surface area contributed by atoms with Crippen molar-refractivity contribution < 1.29 is 23.8 Å². The second kappa shape index (κ2) is 11.2. The predicted molar refractivity (Wildman–Crippen MR) is 127 cm³/mol. The lowest BCUT2D eigenvalue weighted by atomic mass is 10.1. The van der Waals surface area contributed by atoms with Gasteiger partial charge in [0.05, 0.1) is 23.9 Å². The lowest BCUT2D eigenvalue weighted by Crippen LogP contribution is -2.24. The van der Waals surface area contributed by atoms with Gasteiger partial charge in [-0.15, -0.1) is 0 Å². The second-order valence-electron chi connectivity index (χ2n) is 7.06. The van der Waals surface area contributed by atoms with Gasteiger partial charge in [-0.25, -0.2) is 10.2 Å². The van der Waals surface area contributed by atoms with E-state index >= 15 is 0 Å². The first-order chi connectivity index (χ1) is 15.9. The number of hydrogen-bond donors (Lipinski definition) is 1. The Morgan fingerprint density at radius 1 is 1.00 bits per heavy atom. The first-order valence-corrected chi connectivity index (χ1v) is 10.4. The summed E-state index contributed by atoms with van der Waals surface area (Å²) in [4.78, 5) is 24.4. The molecule has 3 aromatic rings. The monoisotopic (exact) mass is 466 g/mol. The maximum absolute atomic E-state index is 12.4. The van der Waals surface area contributed by atoms with Crippen LogP contribution in [0.25, 0.3) is 0 Å². The van der Waals surface area contributed by atoms with E-state index in [-0.39, 0.29) is 17.9 Å². The number of carbonyl (C=O) groups is 2. The number of nitrogens with zero attached hydrogens (tertiary/aromatic N) is 1. The molecule has 7 nitrogen and oxygen atoms in total. The maximum Gasteiger partial charge on any atom is 0.345 e. The van der Waals surface area contributed by atoms with Crippen LogP contribution in [0.3, 0.4) is 0 Å². The zero-order chi connectivity index (χ0) is 23.8. The Bertz CT molecular complexity index is 1190. The number of hydrogen-bond acceptors (Lipinski definition) is 6. The van der Waals surface area contributed by atoms with Gasteiger partial charge in [0.1, 0.15) is 5.75 Å². The lowest BCUT2D eigenvalue weighted by molar-refractivity contribution is -0.123. The SMILES string of the molecule is COc1cc(/C=N\NC(=O)COc2cccc(C)c2C)ccc1OC(=O)c1ccccc1Cl. The normalized spacial score (nSPS) is 10.7. The third-order valence-corrected chi connectivity index (χ3v) is 5.13. The smallest absolute Gasteiger partial charge is 0.345 e. The van der Waals surface area contributed by atoms with Crippen LogP contribution in [-0.4, -0.2) is 31.8 Å². The Morgan fingerprint density at radius 3 is 2.55 bits per heavy atom. The summed E-state index contributed by atoms with van der Waals surface area (Å²) in [5.41, 5.74) is 5.35. The van der Waals surface area contributed by atoms with Crippen molar-refractivity contribution >= 4 is 29.7 Å². The van der Waals surface area contributed by atoms with Crippen molar-refractivity contribution in [3.8, 4) is 17.2 Å². The average Bonchev–Trinajstić information content (AvgIpc) is 2.81. The van der Waals surface area contributed by atoms with Gasteiger partial charge in [0.15, 0.2) is 18.1 Å². The van der Waals surface area contributed by atoms with Gasteiger partial charge in [-0.05, 0) is 66.9 Å². The fourth-order valence-corrected chi connectivity index (χ4v) is 3.08. The van der Waals surface area contributed by atoms with E-state index in [1.54, 1.807) is 42.5 Å². The number of rotatable bonds is 8. The Morgan fingerprint density at radius 2 is 1.79 bits per heavy atom. The number of ether oxygens (including phenoxy) is 3. The molecule has 0 aliphatic carbocycles. The predicted octanol–water partition coefficient (Wildman–Crippen LogP) is 4.71. The molecule has 0 fully saturated rings. The van der Waals surface area contributed by atoms with Crippen LogP contribution < -0.4 is 19.6 Å². The van der Waals surface area contributed by atoms with Crippen LogP contribution in [0.4, 0.5) is 0 Å². The topological polar surface area (TPSA) is 86.2 Å². The molecule has 0 saturated carbocycles. The molecular formula is C25H23ClN2O5. The first-order valence-electron chi connectivity index (χ1n) is 10.0. The Hall–Kier alpha value is -3.84. The van der Waals surface area contributed by atoms with Crippen molar-refractivity contribution in [1.29, 1.82) is 0 Å². The summed E-state index contributed by atoms with van der Waals surface area (Å²) in [5, 5.41) is 4.23. The van der Waals surface area contributed by atoms with Gasteiger partial charge in [-0.2, -0.15) is 5.10 Å². The largest absolute Gasteiger partial charge is 0.493 e. The molecule has 0 spiro atoms. The van der Waals surface area contributed by atoms with Gasteiger partial charge in [0.25, 0.3) is 5.91 Å². The highest BCUT2D eigenvalue weighted by atomic mass is 35.5. The van der Waals surface area contributed by atoms with Crippen LogP contribution in [0.15, 0.2) is 65.8 Å². The second-order valence-corrected chi connectivity index (χ2v) is 7.47. The lowest BCUT2D eigenvalue weighted by Gasteiger charge is -2.11. The summed E-state index contributed by atoms with van der Waals surface area (Å²) >= 11 is 6.05. The van der Waals surface area contributed by atoms with Crippen LogP contribution in [0, 0.1) is 13.8 Å². The molecule has 0 aromatic heterocycles. The van der Waals surface area contributed by atoms with E-state index < -0.39 is 11.9 Å². The summed E-state index contributed by atoms with van der Waals surface area (Å²) in [6, 6.07) is 17.1. The minimum absolute atomic E-state index is 0.165. The van der Waals surface area contributed by atoms with Crippen LogP contribution in [-0.2, 0) is 4.79 Å². The summed E-state index contributed by atoms with van der Waals surface area (Å²) in [6.45, 7) is 3.75. The molecule has 1 N–H and O–H groups in total. The van der Waals surface area contributed by atoms with Gasteiger partial charge in [-0.1, -0.05) is 35.9 Å². The summed E-state index contributed by atoms with van der Waals surface area (Å²) < 4.78 is 16.3. The molecule has 0 bridgehead atoms. The molecule has 0 saturated heterocycles. The summed E-state index contributed by atoms with van der Waals surface area (Å²) in [5.74, 6) is 0.205. The van der Waals surface area contributed by atoms with Crippen molar-refractivity contribution in [3.63, 3.8) is 0 Å². The number of aryl methyl sites for hydroxylation is 1. The third kappa shape index (κ3) is 6.33. The van der Waals surface area contributed by atoms with E-state index in [4.69, 9.17) is 25.8 Å². The van der Waals surface area contributed by atoms with E-state index in [1.165, 1.54) is 13.3 Å². The highest BCUT2D eigenvalue weighted by Crippen LogP contribution is 2.29. The highest BCUT2D eigenvalue weighted by molar-refractivity contribution is 6.33. The maximum atomic E-state index is 12.4. The van der Waals surface area contributed by atoms with Crippen LogP contribution in [0.1, 0.15) is 27.0 Å². The fraction of sp³-hybridized carbons (Fsp3) is 0.160. The number of esters is 1. The molecule has 3 aromatic carbocycles. The van der Waals surface area contributed by atoms with Gasteiger partial charge in [-0.3, -0.25) is 4.79 Å². The summed E-state index contributed by atoms with van der Waals surface area (Å²) in [7, 11) is 1.45. The molecule has 0 aliphatic rings. The third-order valence-electron chi connectivity index (χ3n) is 4.80. The van der Waals surface area contributed by atoms with Gasteiger partial charge in [0, 0.05) is 0 Å². The number of carbonyl (C=O) groups excluding carboxylic acids is 2. The van der Waals surface area contributed by atoms with Crippen LogP contribution in [0.2, 0.25) is 5.02 Å². The highest BCUT2D eigenvalue weighted by Gasteiger charge is 2.15. The van der Waals surface area contributed by atoms with Crippen molar-refractivity contribution in [2.45, 2.75) is 13.8 Å². The quantitative estimate of drug-likeness (QED) is 0.225. The van der Waals surface area contributed by atoms with Gasteiger partial charge >= 0.3 is 5.97 Å². The molecule has 0 atom stereocenters. The van der Waals surface area contributed by atoms with Gasteiger partial charge in [0.2, 0.25) is 0 Å². The minimum atomic E-state index is -0.601. The Kier molecular flexibility index (Phi) is 8.05. The van der Waals surface area contributed by atoms with E-state index in [9.17, 15) is 9.59 Å². The average molecular weight is 467 g/mol. The number of halogens is 1. The van der Waals surface area contributed by atoms with Gasteiger partial charge < -0.3 is 14.2 Å². The van der Waals surface area contributed by atoms with Crippen molar-refractivity contribution in [1.82, 2.24) is 5.43 Å². The Balaban J connectivity index is 1.58. The molecule has 8 heteroatoms. The number of amides is 1. The molecule has 1 amide bonds. The molecule has 0 heterocycles. The van der Waals surface area contributed by atoms with E-state index in [1.807, 2.05) is 32.0 Å². The zero-order valence-corrected chi connectivity index (χ0v) is 19.2. The fourth-order valence-electron chi connectivity index (χ4n) is 2.87. The number of benzene rings is 3. The molecule has 0 aliphatic heterocycles.